The van der Waals surface area contributed by atoms with Gasteiger partial charge in [0.1, 0.15) is 0 Å². The second-order valence-electron chi connectivity index (χ2n) is 7.92. The van der Waals surface area contributed by atoms with E-state index in [2.05, 4.69) is 102 Å². The van der Waals surface area contributed by atoms with Crippen LogP contribution in [0.1, 0.15) is 16.7 Å². The van der Waals surface area contributed by atoms with Gasteiger partial charge >= 0.3 is 0 Å². The average Bonchev–Trinajstić information content (AvgIpc) is 2.91. The zero-order valence-corrected chi connectivity index (χ0v) is 16.8. The summed E-state index contributed by atoms with van der Waals surface area (Å²) in [7, 11) is 4.24. The summed E-state index contributed by atoms with van der Waals surface area (Å²) in [5.41, 5.74) is 7.95. The second kappa shape index (κ2) is 8.59. The van der Waals surface area contributed by atoms with Gasteiger partial charge in [-0.1, -0.05) is 60.7 Å². The standard InChI is InChI=1S/C25H29N3/c1-28(2)18-21-10-6-7-11-24(21)20-12-13-25-22(15-20)16-26-23(17-27-25)14-19-8-4-3-5-9-19/h3-13,15,23,26-27H,14,16-18H2,1-2H3/t23-/m1/s1. The van der Waals surface area contributed by atoms with Crippen LogP contribution in [0.5, 0.6) is 0 Å². The van der Waals surface area contributed by atoms with Crippen LogP contribution in [-0.4, -0.2) is 31.6 Å². The molecule has 0 aliphatic carbocycles. The Hall–Kier alpha value is -2.62. The molecule has 0 aromatic heterocycles. The number of anilines is 1. The van der Waals surface area contributed by atoms with Gasteiger partial charge in [0, 0.05) is 31.4 Å². The first-order valence-corrected chi connectivity index (χ1v) is 10.1. The summed E-state index contributed by atoms with van der Waals surface area (Å²) < 4.78 is 0. The highest BCUT2D eigenvalue weighted by molar-refractivity contribution is 5.71. The minimum Gasteiger partial charge on any atom is -0.383 e. The molecule has 3 nitrogen and oxygen atoms in total. The van der Waals surface area contributed by atoms with Crippen molar-refractivity contribution in [2.75, 3.05) is 26.0 Å². The summed E-state index contributed by atoms with van der Waals surface area (Å²) in [6.07, 6.45) is 1.04. The van der Waals surface area contributed by atoms with Crippen LogP contribution in [-0.2, 0) is 19.5 Å². The van der Waals surface area contributed by atoms with Gasteiger partial charge in [-0.3, -0.25) is 0 Å². The molecular weight excluding hydrogens is 342 g/mol. The zero-order chi connectivity index (χ0) is 19.3. The first kappa shape index (κ1) is 18.7. The van der Waals surface area contributed by atoms with Gasteiger partial charge < -0.3 is 15.5 Å². The van der Waals surface area contributed by atoms with Crippen molar-refractivity contribution >= 4 is 5.69 Å². The molecule has 3 heteroatoms. The van der Waals surface area contributed by atoms with Crippen LogP contribution in [0.25, 0.3) is 11.1 Å². The molecule has 0 bridgehead atoms. The third kappa shape index (κ3) is 4.44. The fourth-order valence-corrected chi connectivity index (χ4v) is 3.96. The molecule has 0 unspecified atom stereocenters. The Balaban J connectivity index is 1.53. The van der Waals surface area contributed by atoms with Crippen LogP contribution in [0.3, 0.4) is 0 Å². The Morgan fingerprint density at radius 3 is 2.54 bits per heavy atom. The summed E-state index contributed by atoms with van der Waals surface area (Å²) in [6, 6.07) is 26.7. The third-order valence-corrected chi connectivity index (χ3v) is 5.37. The van der Waals surface area contributed by atoms with Crippen LogP contribution in [0.2, 0.25) is 0 Å². The minimum atomic E-state index is 0.430. The average molecular weight is 372 g/mol. The third-order valence-electron chi connectivity index (χ3n) is 5.37. The van der Waals surface area contributed by atoms with Crippen molar-refractivity contribution in [3.63, 3.8) is 0 Å². The highest BCUT2D eigenvalue weighted by atomic mass is 15.0. The molecule has 0 radical (unpaired) electrons. The molecule has 0 saturated heterocycles. The quantitative estimate of drug-likeness (QED) is 0.689. The molecule has 0 amide bonds. The number of nitrogens with one attached hydrogen (secondary N) is 2. The Bertz CT molecular complexity index is 918. The maximum Gasteiger partial charge on any atom is 0.0386 e. The fourth-order valence-electron chi connectivity index (χ4n) is 3.96. The molecular formula is C25H29N3. The number of fused-ring (bicyclic) bond motifs is 1. The van der Waals surface area contributed by atoms with E-state index < -0.39 is 0 Å². The van der Waals surface area contributed by atoms with Gasteiger partial charge in [0.05, 0.1) is 0 Å². The molecule has 3 aromatic rings. The van der Waals surface area contributed by atoms with Gasteiger partial charge in [0.25, 0.3) is 0 Å². The molecule has 1 atom stereocenters. The van der Waals surface area contributed by atoms with Crippen molar-refractivity contribution in [3.8, 4) is 11.1 Å². The van der Waals surface area contributed by atoms with Crippen LogP contribution < -0.4 is 10.6 Å². The highest BCUT2D eigenvalue weighted by Gasteiger charge is 2.16. The van der Waals surface area contributed by atoms with Crippen LogP contribution in [0, 0.1) is 0 Å². The largest absolute Gasteiger partial charge is 0.383 e. The lowest BCUT2D eigenvalue weighted by molar-refractivity contribution is 0.403. The normalized spacial score (nSPS) is 16.3. The summed E-state index contributed by atoms with van der Waals surface area (Å²) in [5.74, 6) is 0. The van der Waals surface area contributed by atoms with Crippen LogP contribution >= 0.6 is 0 Å². The summed E-state index contributed by atoms with van der Waals surface area (Å²) in [6.45, 7) is 2.78. The van der Waals surface area contributed by atoms with E-state index in [0.29, 0.717) is 6.04 Å². The second-order valence-corrected chi connectivity index (χ2v) is 7.92. The monoisotopic (exact) mass is 371 g/mol. The number of hydrogen-bond donors (Lipinski definition) is 2. The molecule has 0 saturated carbocycles. The lowest BCUT2D eigenvalue weighted by Gasteiger charge is -2.16. The number of rotatable bonds is 5. The smallest absolute Gasteiger partial charge is 0.0386 e. The van der Waals surface area contributed by atoms with Gasteiger partial charge in [-0.15, -0.1) is 0 Å². The molecule has 1 heterocycles. The van der Waals surface area contributed by atoms with Gasteiger partial charge in [0.2, 0.25) is 0 Å². The first-order valence-electron chi connectivity index (χ1n) is 10.1. The van der Waals surface area contributed by atoms with Gasteiger partial charge in [-0.05, 0) is 60.5 Å². The van der Waals surface area contributed by atoms with E-state index in [-0.39, 0.29) is 0 Å². The van der Waals surface area contributed by atoms with Gasteiger partial charge in [-0.2, -0.15) is 0 Å². The minimum absolute atomic E-state index is 0.430. The Morgan fingerprint density at radius 1 is 0.929 bits per heavy atom. The van der Waals surface area contributed by atoms with E-state index in [1.807, 2.05) is 0 Å². The van der Waals surface area contributed by atoms with Gasteiger partial charge in [-0.25, -0.2) is 0 Å². The van der Waals surface area contributed by atoms with Crippen molar-refractivity contribution in [1.82, 2.24) is 10.2 Å². The Kier molecular flexibility index (Phi) is 5.75. The van der Waals surface area contributed by atoms with E-state index >= 15 is 0 Å². The van der Waals surface area contributed by atoms with Crippen molar-refractivity contribution in [3.05, 3.63) is 89.5 Å². The SMILES string of the molecule is CN(C)Cc1ccccc1-c1ccc2c(c1)CN[C@H](Cc1ccccc1)CN2. The molecule has 144 valence electrons. The van der Waals surface area contributed by atoms with Crippen molar-refractivity contribution < 1.29 is 0 Å². The molecule has 0 spiro atoms. The summed E-state index contributed by atoms with van der Waals surface area (Å²) in [4.78, 5) is 2.22. The maximum absolute atomic E-state index is 3.74. The zero-order valence-electron chi connectivity index (χ0n) is 16.8. The first-order chi connectivity index (χ1) is 13.7. The van der Waals surface area contributed by atoms with E-state index in [9.17, 15) is 0 Å². The van der Waals surface area contributed by atoms with E-state index in [0.717, 1.165) is 26.1 Å². The molecule has 0 fully saturated rings. The number of nitrogens with zero attached hydrogens (tertiary/aromatic N) is 1. The summed E-state index contributed by atoms with van der Waals surface area (Å²) >= 11 is 0. The molecule has 3 aromatic carbocycles. The predicted octanol–water partition coefficient (Wildman–Crippen LogP) is 4.54. The molecule has 4 rings (SSSR count). The summed E-state index contributed by atoms with van der Waals surface area (Å²) in [5, 5.41) is 7.39. The lowest BCUT2D eigenvalue weighted by atomic mass is 9.97. The highest BCUT2D eigenvalue weighted by Crippen LogP contribution is 2.29. The fraction of sp³-hybridized carbons (Fsp3) is 0.280. The Morgan fingerprint density at radius 2 is 1.71 bits per heavy atom. The number of benzene rings is 3. The van der Waals surface area contributed by atoms with E-state index in [1.54, 1.807) is 0 Å². The van der Waals surface area contributed by atoms with Gasteiger partial charge in [0.15, 0.2) is 0 Å². The lowest BCUT2D eigenvalue weighted by Crippen LogP contribution is -2.34. The molecule has 28 heavy (non-hydrogen) atoms. The topological polar surface area (TPSA) is 27.3 Å². The maximum atomic E-state index is 3.74. The van der Waals surface area contributed by atoms with E-state index in [4.69, 9.17) is 0 Å². The van der Waals surface area contributed by atoms with Crippen molar-refractivity contribution in [2.24, 2.45) is 0 Å². The van der Waals surface area contributed by atoms with Crippen LogP contribution in [0.15, 0.2) is 72.8 Å². The number of hydrogen-bond acceptors (Lipinski definition) is 3. The predicted molar refractivity (Wildman–Crippen MR) is 119 cm³/mol. The molecule has 1 aliphatic heterocycles. The van der Waals surface area contributed by atoms with E-state index in [1.165, 1.54) is 33.5 Å². The van der Waals surface area contributed by atoms with Crippen LogP contribution in [0.4, 0.5) is 5.69 Å². The van der Waals surface area contributed by atoms with Crippen molar-refractivity contribution in [1.29, 1.82) is 0 Å². The Labute approximate surface area is 168 Å². The molecule has 1 aliphatic rings. The molecule has 2 N–H and O–H groups in total. The van der Waals surface area contributed by atoms with Crippen molar-refractivity contribution in [2.45, 2.75) is 25.6 Å².